The van der Waals surface area contributed by atoms with Crippen LogP contribution in [0.15, 0.2) is 58.4 Å². The fourth-order valence-corrected chi connectivity index (χ4v) is 6.30. The van der Waals surface area contributed by atoms with E-state index in [1.807, 2.05) is 63.2 Å². The molecular formula is C29H41N5O6S. The van der Waals surface area contributed by atoms with Crippen LogP contribution in [0.3, 0.4) is 0 Å². The molecule has 1 aromatic heterocycles. The molecule has 41 heavy (non-hydrogen) atoms. The second-order valence-electron chi connectivity index (χ2n) is 10.9. The van der Waals surface area contributed by atoms with Crippen molar-refractivity contribution in [3.05, 3.63) is 59.7 Å². The number of nitrogens with zero attached hydrogens (tertiary/aromatic N) is 3. The minimum Gasteiger partial charge on any atom is -0.494 e. The number of aliphatic hydroxyl groups excluding tert-OH is 1. The molecule has 3 rings (SSSR count). The van der Waals surface area contributed by atoms with E-state index in [0.29, 0.717) is 35.3 Å². The van der Waals surface area contributed by atoms with Gasteiger partial charge in [0.25, 0.3) is 0 Å². The summed E-state index contributed by atoms with van der Waals surface area (Å²) < 4.78 is 29.1. The van der Waals surface area contributed by atoms with Gasteiger partial charge in [0.05, 0.1) is 29.1 Å². The average Bonchev–Trinajstić information content (AvgIpc) is 3.22. The van der Waals surface area contributed by atoms with Crippen LogP contribution in [0, 0.1) is 5.92 Å². The Balaban J connectivity index is 1.96. The predicted octanol–water partition coefficient (Wildman–Crippen LogP) is 3.13. The lowest BCUT2D eigenvalue weighted by Crippen LogP contribution is -2.50. The van der Waals surface area contributed by atoms with Crippen molar-refractivity contribution in [3.63, 3.8) is 0 Å². The monoisotopic (exact) mass is 587 g/mol. The van der Waals surface area contributed by atoms with Crippen LogP contribution in [0.5, 0.6) is 5.88 Å². The van der Waals surface area contributed by atoms with Gasteiger partial charge in [0.1, 0.15) is 0 Å². The van der Waals surface area contributed by atoms with Crippen LogP contribution in [0.4, 0.5) is 4.79 Å². The van der Waals surface area contributed by atoms with E-state index in [1.165, 1.54) is 16.4 Å². The average molecular weight is 588 g/mol. The predicted molar refractivity (Wildman–Crippen MR) is 160 cm³/mol. The number of fused-ring (bicyclic) bond motifs is 1. The highest BCUT2D eigenvalue weighted by atomic mass is 32.2. The summed E-state index contributed by atoms with van der Waals surface area (Å²) in [6.45, 7) is 6.52. The van der Waals surface area contributed by atoms with Crippen LogP contribution in [0.25, 0.3) is 10.9 Å². The standard InChI is InChI=1S/C29H41N5O6S/c1-19(2)17-34(18-26(35)25(32-29(37)38)15-21-9-7-6-8-10-21)41(39,40)22-11-12-24-23(16-22)27(28(36)31-24)20(3)30-13-14-33(4)5/h6-12,16,19,25-26,31-32,35-36H,13-15,17-18H2,1-5H3,(H,37,38). The number of benzene rings is 2. The van der Waals surface area contributed by atoms with Crippen molar-refractivity contribution < 1.29 is 28.5 Å². The Morgan fingerprint density at radius 2 is 1.78 bits per heavy atom. The van der Waals surface area contributed by atoms with Crippen molar-refractivity contribution >= 4 is 32.7 Å². The van der Waals surface area contributed by atoms with Gasteiger partial charge in [-0.2, -0.15) is 4.31 Å². The fraction of sp³-hybridized carbons (Fsp3) is 0.448. The maximum atomic E-state index is 14.0. The summed E-state index contributed by atoms with van der Waals surface area (Å²) in [4.78, 5) is 20.9. The fourth-order valence-electron chi connectivity index (χ4n) is 4.65. The highest BCUT2D eigenvalue weighted by Gasteiger charge is 2.32. The number of hydrogen-bond donors (Lipinski definition) is 5. The Bertz CT molecular complexity index is 1450. The van der Waals surface area contributed by atoms with E-state index in [1.54, 1.807) is 13.0 Å². The molecule has 11 nitrogen and oxygen atoms in total. The van der Waals surface area contributed by atoms with Crippen LogP contribution in [-0.2, 0) is 16.4 Å². The molecule has 0 saturated carbocycles. The number of sulfonamides is 1. The van der Waals surface area contributed by atoms with Gasteiger partial charge >= 0.3 is 6.09 Å². The van der Waals surface area contributed by atoms with E-state index in [2.05, 4.69) is 15.3 Å². The molecule has 0 bridgehead atoms. The number of hydrogen-bond acceptors (Lipinski definition) is 7. The summed E-state index contributed by atoms with van der Waals surface area (Å²) in [5.74, 6) is -0.169. The number of likely N-dealkylation sites (N-methyl/N-ethyl adjacent to an activating group) is 1. The number of aliphatic imine (C=N–C) groups is 1. The lowest BCUT2D eigenvalue weighted by Gasteiger charge is -2.30. The van der Waals surface area contributed by atoms with Crippen LogP contribution in [0.1, 0.15) is 31.9 Å². The first-order valence-electron chi connectivity index (χ1n) is 13.5. The summed E-state index contributed by atoms with van der Waals surface area (Å²) in [6, 6.07) is 12.7. The van der Waals surface area contributed by atoms with Crippen LogP contribution in [-0.4, -0.2) is 102 Å². The largest absolute Gasteiger partial charge is 0.494 e. The first kappa shape index (κ1) is 32.1. The van der Waals surface area contributed by atoms with Crippen molar-refractivity contribution in [1.82, 2.24) is 19.5 Å². The van der Waals surface area contributed by atoms with Crippen molar-refractivity contribution in [2.45, 2.75) is 44.2 Å². The molecule has 0 radical (unpaired) electrons. The molecule has 12 heteroatoms. The Kier molecular flexibility index (Phi) is 10.9. The minimum absolute atomic E-state index is 0.00926. The van der Waals surface area contributed by atoms with Gasteiger partial charge in [0.2, 0.25) is 10.0 Å². The van der Waals surface area contributed by atoms with Crippen LogP contribution >= 0.6 is 0 Å². The molecule has 0 aliphatic rings. The molecule has 0 fully saturated rings. The van der Waals surface area contributed by atoms with Crippen molar-refractivity contribution in [2.24, 2.45) is 10.9 Å². The Morgan fingerprint density at radius 1 is 1.10 bits per heavy atom. The highest BCUT2D eigenvalue weighted by Crippen LogP contribution is 2.31. The molecule has 0 spiro atoms. The zero-order valence-corrected chi connectivity index (χ0v) is 25.0. The van der Waals surface area contributed by atoms with Gasteiger partial charge in [-0.1, -0.05) is 44.2 Å². The molecule has 2 aromatic carbocycles. The lowest BCUT2D eigenvalue weighted by atomic mass is 10.0. The molecule has 3 aromatic rings. The Hall–Kier alpha value is -3.45. The quantitative estimate of drug-likeness (QED) is 0.181. The first-order valence-corrected chi connectivity index (χ1v) is 15.0. The van der Waals surface area contributed by atoms with E-state index in [9.17, 15) is 28.5 Å². The molecule has 5 N–H and O–H groups in total. The third-order valence-electron chi connectivity index (χ3n) is 6.68. The molecule has 1 amide bonds. The molecule has 224 valence electrons. The molecular weight excluding hydrogens is 546 g/mol. The van der Waals surface area contributed by atoms with E-state index in [-0.39, 0.29) is 36.2 Å². The van der Waals surface area contributed by atoms with Gasteiger partial charge in [-0.15, -0.1) is 0 Å². The summed E-state index contributed by atoms with van der Waals surface area (Å²) in [5.41, 5.74) is 2.36. The molecule has 0 aliphatic carbocycles. The topological polar surface area (TPSA) is 159 Å². The van der Waals surface area contributed by atoms with Crippen LogP contribution in [0.2, 0.25) is 0 Å². The van der Waals surface area contributed by atoms with E-state index < -0.39 is 28.3 Å². The number of nitrogens with one attached hydrogen (secondary N) is 2. The number of aromatic amines is 1. The zero-order chi connectivity index (χ0) is 30.3. The van der Waals surface area contributed by atoms with Gasteiger partial charge in [-0.25, -0.2) is 13.2 Å². The maximum absolute atomic E-state index is 14.0. The number of aromatic nitrogens is 1. The maximum Gasteiger partial charge on any atom is 0.404 e. The number of rotatable bonds is 14. The minimum atomic E-state index is -4.12. The molecule has 2 unspecified atom stereocenters. The van der Waals surface area contributed by atoms with Gasteiger partial charge in [-0.05, 0) is 57.1 Å². The van der Waals surface area contributed by atoms with Crippen molar-refractivity contribution in [2.75, 3.05) is 40.3 Å². The number of aromatic hydroxyl groups is 1. The summed E-state index contributed by atoms with van der Waals surface area (Å²) in [7, 11) is -0.249. The second-order valence-corrected chi connectivity index (χ2v) is 12.8. The smallest absolute Gasteiger partial charge is 0.404 e. The zero-order valence-electron chi connectivity index (χ0n) is 24.2. The highest BCUT2D eigenvalue weighted by molar-refractivity contribution is 7.89. The molecule has 1 heterocycles. The first-order chi connectivity index (χ1) is 19.3. The lowest BCUT2D eigenvalue weighted by molar-refractivity contribution is 0.0980. The number of carbonyl (C=O) groups is 1. The molecule has 2 atom stereocenters. The van der Waals surface area contributed by atoms with Crippen LogP contribution < -0.4 is 5.32 Å². The Labute approximate surface area is 241 Å². The SMILES string of the molecule is CC(=NCCN(C)C)c1c(O)[nH]c2ccc(S(=O)(=O)N(CC(C)C)CC(O)C(Cc3ccccc3)NC(=O)O)cc12. The van der Waals surface area contributed by atoms with Gasteiger partial charge in [0, 0.05) is 36.2 Å². The summed E-state index contributed by atoms with van der Waals surface area (Å²) in [6.07, 6.45) is -2.44. The third kappa shape index (κ3) is 8.52. The van der Waals surface area contributed by atoms with Gasteiger partial charge in [-0.3, -0.25) is 4.99 Å². The van der Waals surface area contributed by atoms with Crippen molar-refractivity contribution in [1.29, 1.82) is 0 Å². The molecule has 0 aliphatic heterocycles. The Morgan fingerprint density at radius 3 is 2.39 bits per heavy atom. The second kappa shape index (κ2) is 13.9. The number of aliphatic hydroxyl groups is 1. The number of carboxylic acid groups (broad SMARTS) is 1. The van der Waals surface area contributed by atoms with Crippen molar-refractivity contribution in [3.8, 4) is 5.88 Å². The third-order valence-corrected chi connectivity index (χ3v) is 8.50. The van der Waals surface area contributed by atoms with Gasteiger partial charge in [0.15, 0.2) is 5.88 Å². The number of amides is 1. The van der Waals surface area contributed by atoms with E-state index in [4.69, 9.17) is 0 Å². The van der Waals surface area contributed by atoms with E-state index >= 15 is 0 Å². The molecule has 0 saturated heterocycles. The number of H-pyrrole nitrogens is 1. The normalized spacial score (nSPS) is 14.2. The summed E-state index contributed by atoms with van der Waals surface area (Å²) in [5, 5.41) is 34.0. The van der Waals surface area contributed by atoms with Gasteiger partial charge < -0.3 is 30.5 Å². The van der Waals surface area contributed by atoms with E-state index in [0.717, 1.165) is 5.56 Å². The summed E-state index contributed by atoms with van der Waals surface area (Å²) >= 11 is 0.